The molecule has 1 saturated carbocycles. The highest BCUT2D eigenvalue weighted by atomic mass is 19.1. The number of carbonyl (C=O) groups is 1. The minimum atomic E-state index is -0.344. The lowest BCUT2D eigenvalue weighted by Crippen LogP contribution is -2.44. The number of rotatable bonds is 2. The van der Waals surface area contributed by atoms with E-state index in [-0.39, 0.29) is 17.8 Å². The summed E-state index contributed by atoms with van der Waals surface area (Å²) in [5.41, 5.74) is 1.46. The summed E-state index contributed by atoms with van der Waals surface area (Å²) in [6.07, 6.45) is 3.57. The molecule has 1 amide bonds. The third-order valence-corrected chi connectivity index (χ3v) is 4.93. The fraction of sp³-hybridized carbons (Fsp3) is 0.562. The number of benzene rings is 1. The van der Waals surface area contributed by atoms with Crippen LogP contribution in [0.1, 0.15) is 44.7 Å². The Kier molecular flexibility index (Phi) is 3.50. The van der Waals surface area contributed by atoms with E-state index in [1.807, 2.05) is 0 Å². The van der Waals surface area contributed by atoms with Crippen LogP contribution >= 0.6 is 0 Å². The van der Waals surface area contributed by atoms with Gasteiger partial charge in [0, 0.05) is 17.3 Å². The highest BCUT2D eigenvalue weighted by molar-refractivity contribution is 6.02. The third-order valence-electron chi connectivity index (χ3n) is 4.93. The number of anilines is 1. The Balaban J connectivity index is 1.80. The van der Waals surface area contributed by atoms with E-state index in [4.69, 9.17) is 0 Å². The molecule has 4 unspecified atom stereocenters. The number of hydrogen-bond acceptors (Lipinski definition) is 2. The number of amides is 1. The minimum Gasteiger partial charge on any atom is -0.324 e. The van der Waals surface area contributed by atoms with Crippen LogP contribution in [0.2, 0.25) is 0 Å². The quantitative estimate of drug-likeness (QED) is 0.870. The van der Waals surface area contributed by atoms with E-state index in [2.05, 4.69) is 24.5 Å². The highest BCUT2D eigenvalue weighted by Crippen LogP contribution is 2.35. The molecule has 4 heteroatoms. The van der Waals surface area contributed by atoms with Gasteiger partial charge in [0.25, 0.3) is 0 Å². The smallest absolute Gasteiger partial charge is 0.246 e. The predicted molar refractivity (Wildman–Crippen MR) is 76.9 cm³/mol. The van der Waals surface area contributed by atoms with Gasteiger partial charge in [-0.1, -0.05) is 32.8 Å². The van der Waals surface area contributed by atoms with Crippen molar-refractivity contribution in [2.75, 3.05) is 5.32 Å². The number of halogens is 1. The van der Waals surface area contributed by atoms with Crippen molar-refractivity contribution in [1.29, 1.82) is 0 Å². The van der Waals surface area contributed by atoms with Crippen molar-refractivity contribution >= 4 is 11.6 Å². The van der Waals surface area contributed by atoms with Crippen molar-refractivity contribution < 1.29 is 9.18 Å². The molecule has 1 aliphatic heterocycles. The van der Waals surface area contributed by atoms with Gasteiger partial charge >= 0.3 is 0 Å². The van der Waals surface area contributed by atoms with Crippen molar-refractivity contribution in [3.8, 4) is 0 Å². The summed E-state index contributed by atoms with van der Waals surface area (Å²) < 4.78 is 13.2. The summed E-state index contributed by atoms with van der Waals surface area (Å²) in [4.78, 5) is 12.1. The van der Waals surface area contributed by atoms with Crippen LogP contribution in [0.5, 0.6) is 0 Å². The predicted octanol–water partition coefficient (Wildman–Crippen LogP) is 3.23. The van der Waals surface area contributed by atoms with Gasteiger partial charge in [-0.25, -0.2) is 4.39 Å². The normalized spacial score (nSPS) is 32.9. The molecule has 1 aliphatic carbocycles. The average molecular weight is 276 g/mol. The Morgan fingerprint density at radius 3 is 2.90 bits per heavy atom. The fourth-order valence-corrected chi connectivity index (χ4v) is 3.43. The van der Waals surface area contributed by atoms with Crippen LogP contribution < -0.4 is 10.6 Å². The maximum Gasteiger partial charge on any atom is 0.246 e. The van der Waals surface area contributed by atoms with Crippen LogP contribution in [0.15, 0.2) is 18.2 Å². The summed E-state index contributed by atoms with van der Waals surface area (Å²) in [6, 6.07) is 4.52. The molecule has 3 rings (SSSR count). The summed E-state index contributed by atoms with van der Waals surface area (Å²) in [6.45, 7) is 4.52. The van der Waals surface area contributed by atoms with Crippen molar-refractivity contribution in [3.63, 3.8) is 0 Å². The maximum absolute atomic E-state index is 13.2. The lowest BCUT2D eigenvalue weighted by atomic mass is 9.77. The van der Waals surface area contributed by atoms with Crippen molar-refractivity contribution in [2.45, 2.75) is 45.2 Å². The van der Waals surface area contributed by atoms with Gasteiger partial charge in [-0.15, -0.1) is 0 Å². The maximum atomic E-state index is 13.2. The zero-order valence-corrected chi connectivity index (χ0v) is 11.9. The van der Waals surface area contributed by atoms with Gasteiger partial charge in [0.15, 0.2) is 0 Å². The standard InChI is InChI=1S/C16H21FN2O/c1-9-4-3-5-13(10(9)2)18-15-12-7-6-11(17)8-14(12)19-16(15)20/h6-10,13,15,18H,3-5H2,1-2H3,(H,19,20). The molecule has 20 heavy (non-hydrogen) atoms. The molecular weight excluding hydrogens is 255 g/mol. The second-order valence-electron chi connectivity index (χ2n) is 6.19. The molecule has 1 aromatic rings. The molecule has 0 spiro atoms. The van der Waals surface area contributed by atoms with E-state index in [1.54, 1.807) is 6.07 Å². The fourth-order valence-electron chi connectivity index (χ4n) is 3.43. The second kappa shape index (κ2) is 5.17. The van der Waals surface area contributed by atoms with Crippen molar-refractivity contribution in [3.05, 3.63) is 29.6 Å². The molecule has 2 N–H and O–H groups in total. The van der Waals surface area contributed by atoms with Crippen LogP contribution in [-0.2, 0) is 4.79 Å². The van der Waals surface area contributed by atoms with Crippen LogP contribution in [0.3, 0.4) is 0 Å². The molecule has 0 saturated heterocycles. The Morgan fingerprint density at radius 2 is 2.10 bits per heavy atom. The molecule has 0 bridgehead atoms. The van der Waals surface area contributed by atoms with Crippen LogP contribution in [0.25, 0.3) is 0 Å². The van der Waals surface area contributed by atoms with Gasteiger partial charge in [0.05, 0.1) is 0 Å². The van der Waals surface area contributed by atoms with Crippen LogP contribution in [0, 0.1) is 17.7 Å². The highest BCUT2D eigenvalue weighted by Gasteiger charge is 2.35. The van der Waals surface area contributed by atoms with E-state index in [9.17, 15) is 9.18 Å². The Bertz CT molecular complexity index is 531. The number of fused-ring (bicyclic) bond motifs is 1. The summed E-state index contributed by atoms with van der Waals surface area (Å²) >= 11 is 0. The molecule has 108 valence electrons. The van der Waals surface area contributed by atoms with Crippen molar-refractivity contribution in [2.24, 2.45) is 11.8 Å². The summed E-state index contributed by atoms with van der Waals surface area (Å²) in [5, 5.41) is 6.25. The first-order valence-electron chi connectivity index (χ1n) is 7.42. The second-order valence-corrected chi connectivity index (χ2v) is 6.19. The zero-order chi connectivity index (χ0) is 14.3. The summed E-state index contributed by atoms with van der Waals surface area (Å²) in [5.74, 6) is 0.847. The lowest BCUT2D eigenvalue weighted by molar-refractivity contribution is -0.118. The van der Waals surface area contributed by atoms with Gasteiger partial charge in [0.2, 0.25) is 5.91 Å². The van der Waals surface area contributed by atoms with Gasteiger partial charge < -0.3 is 5.32 Å². The molecular formula is C16H21FN2O. The Morgan fingerprint density at radius 1 is 1.30 bits per heavy atom. The molecule has 2 aliphatic rings. The first-order chi connectivity index (χ1) is 9.56. The van der Waals surface area contributed by atoms with Gasteiger partial charge in [0.1, 0.15) is 11.9 Å². The number of carbonyl (C=O) groups excluding carboxylic acids is 1. The molecule has 1 aromatic carbocycles. The zero-order valence-electron chi connectivity index (χ0n) is 11.9. The molecule has 1 heterocycles. The topological polar surface area (TPSA) is 41.1 Å². The van der Waals surface area contributed by atoms with E-state index in [1.165, 1.54) is 25.0 Å². The van der Waals surface area contributed by atoms with E-state index in [0.717, 1.165) is 12.0 Å². The summed E-state index contributed by atoms with van der Waals surface area (Å²) in [7, 11) is 0. The number of nitrogens with one attached hydrogen (secondary N) is 2. The van der Waals surface area contributed by atoms with E-state index < -0.39 is 0 Å². The minimum absolute atomic E-state index is 0.0731. The molecule has 1 fully saturated rings. The average Bonchev–Trinajstić information content (AvgIpc) is 2.70. The molecule has 3 nitrogen and oxygen atoms in total. The largest absolute Gasteiger partial charge is 0.324 e. The van der Waals surface area contributed by atoms with Gasteiger partial charge in [-0.05, 0) is 30.4 Å². The monoisotopic (exact) mass is 276 g/mol. The molecule has 4 atom stereocenters. The number of hydrogen-bond donors (Lipinski definition) is 2. The van der Waals surface area contributed by atoms with E-state index in [0.29, 0.717) is 23.6 Å². The first-order valence-corrected chi connectivity index (χ1v) is 7.42. The molecule has 0 radical (unpaired) electrons. The van der Waals surface area contributed by atoms with E-state index >= 15 is 0 Å². The first kappa shape index (κ1) is 13.6. The molecule has 0 aromatic heterocycles. The Labute approximate surface area is 118 Å². The van der Waals surface area contributed by atoms with Gasteiger partial charge in [-0.3, -0.25) is 10.1 Å². The van der Waals surface area contributed by atoms with Crippen molar-refractivity contribution in [1.82, 2.24) is 5.32 Å². The Hall–Kier alpha value is -1.42. The third kappa shape index (κ3) is 2.33. The van der Waals surface area contributed by atoms with Crippen LogP contribution in [-0.4, -0.2) is 11.9 Å². The lowest BCUT2D eigenvalue weighted by Gasteiger charge is -2.36. The van der Waals surface area contributed by atoms with Gasteiger partial charge in [-0.2, -0.15) is 0 Å². The van der Waals surface area contributed by atoms with Crippen LogP contribution in [0.4, 0.5) is 10.1 Å². The SMILES string of the molecule is CC1CCCC(NC2C(=O)Nc3cc(F)ccc32)C1C.